The highest BCUT2D eigenvalue weighted by atomic mass is 16.2. The molecule has 5 rings (SSSR count). The van der Waals surface area contributed by atoms with Gasteiger partial charge in [-0.25, -0.2) is 0 Å². The molecule has 1 aliphatic heterocycles. The van der Waals surface area contributed by atoms with Crippen LogP contribution in [0.3, 0.4) is 0 Å². The summed E-state index contributed by atoms with van der Waals surface area (Å²) in [5.41, 5.74) is 5.20. The number of aromatic nitrogens is 2. The molecule has 1 fully saturated rings. The van der Waals surface area contributed by atoms with Gasteiger partial charge in [0.25, 0.3) is 5.91 Å². The van der Waals surface area contributed by atoms with Gasteiger partial charge in [0, 0.05) is 48.3 Å². The summed E-state index contributed by atoms with van der Waals surface area (Å²) >= 11 is 0. The summed E-state index contributed by atoms with van der Waals surface area (Å²) in [7, 11) is 0. The second kappa shape index (κ2) is 10.7. The zero-order chi connectivity index (χ0) is 24.0. The molecule has 0 spiro atoms. The lowest BCUT2D eigenvalue weighted by Gasteiger charge is -2.21. The lowest BCUT2D eigenvalue weighted by atomic mass is 9.92. The third-order valence-corrected chi connectivity index (χ3v) is 7.03. The summed E-state index contributed by atoms with van der Waals surface area (Å²) in [4.78, 5) is 24.1. The first-order valence-corrected chi connectivity index (χ1v) is 12.5. The van der Waals surface area contributed by atoms with Crippen LogP contribution in [0.15, 0.2) is 79.3 Å². The second-order valence-corrected chi connectivity index (χ2v) is 9.55. The van der Waals surface area contributed by atoms with Crippen molar-refractivity contribution in [1.82, 2.24) is 14.9 Å². The predicted octanol–water partition coefficient (Wildman–Crippen LogP) is 6.04. The smallest absolute Gasteiger partial charge is 0.253 e. The number of pyridine rings is 2. The van der Waals surface area contributed by atoms with E-state index in [0.717, 1.165) is 61.3 Å². The molecule has 1 aliphatic rings. The summed E-state index contributed by atoms with van der Waals surface area (Å²) in [6.45, 7) is 4.33. The Labute approximate surface area is 207 Å². The maximum absolute atomic E-state index is 13.4. The van der Waals surface area contributed by atoms with E-state index in [1.807, 2.05) is 53.7 Å². The van der Waals surface area contributed by atoms with E-state index in [-0.39, 0.29) is 5.91 Å². The van der Waals surface area contributed by atoms with E-state index in [2.05, 4.69) is 46.5 Å². The van der Waals surface area contributed by atoms with Crippen LogP contribution in [0.4, 0.5) is 5.69 Å². The molecular weight excluding hydrogens is 432 g/mol. The van der Waals surface area contributed by atoms with Gasteiger partial charge < -0.3 is 10.2 Å². The zero-order valence-corrected chi connectivity index (χ0v) is 20.3. The van der Waals surface area contributed by atoms with Crippen molar-refractivity contribution in [2.45, 2.75) is 39.2 Å². The molecule has 1 amide bonds. The van der Waals surface area contributed by atoms with E-state index < -0.39 is 0 Å². The molecule has 1 atom stereocenters. The monoisotopic (exact) mass is 464 g/mol. The summed E-state index contributed by atoms with van der Waals surface area (Å²) in [6, 6.07) is 20.6. The highest BCUT2D eigenvalue weighted by Gasteiger charge is 2.22. The Hall–Kier alpha value is -3.73. The van der Waals surface area contributed by atoms with Gasteiger partial charge in [0.2, 0.25) is 0 Å². The van der Waals surface area contributed by atoms with E-state index in [4.69, 9.17) is 0 Å². The molecule has 0 saturated carbocycles. The molecule has 1 unspecified atom stereocenters. The number of hydrogen-bond donors (Lipinski definition) is 1. The van der Waals surface area contributed by atoms with Crippen molar-refractivity contribution in [3.63, 3.8) is 0 Å². The first kappa shape index (κ1) is 23.0. The Balaban J connectivity index is 1.21. The van der Waals surface area contributed by atoms with Crippen molar-refractivity contribution in [2.24, 2.45) is 5.92 Å². The van der Waals surface area contributed by atoms with Crippen molar-refractivity contribution in [3.8, 4) is 0 Å². The van der Waals surface area contributed by atoms with Crippen LogP contribution in [0.2, 0.25) is 0 Å². The average Bonchev–Trinajstić information content (AvgIpc) is 3.14. The van der Waals surface area contributed by atoms with Crippen LogP contribution in [0.5, 0.6) is 0 Å². The van der Waals surface area contributed by atoms with Gasteiger partial charge in [-0.1, -0.05) is 24.3 Å². The minimum atomic E-state index is 0.128. The normalized spacial score (nSPS) is 16.1. The average molecular weight is 465 g/mol. The van der Waals surface area contributed by atoms with Crippen LogP contribution < -0.4 is 5.32 Å². The Bertz CT molecular complexity index is 1300. The van der Waals surface area contributed by atoms with Crippen LogP contribution in [-0.2, 0) is 13.0 Å². The Morgan fingerprint density at radius 2 is 1.94 bits per heavy atom. The lowest BCUT2D eigenvalue weighted by Crippen LogP contribution is -2.32. The van der Waals surface area contributed by atoms with Crippen LogP contribution in [0, 0.1) is 12.8 Å². The van der Waals surface area contributed by atoms with E-state index >= 15 is 0 Å². The number of nitrogens with zero attached hydrogens (tertiary/aromatic N) is 3. The lowest BCUT2D eigenvalue weighted by molar-refractivity contribution is 0.0760. The Morgan fingerprint density at radius 1 is 1.00 bits per heavy atom. The number of benzene rings is 2. The van der Waals surface area contributed by atoms with Gasteiger partial charge in [-0.2, -0.15) is 0 Å². The number of anilines is 1. The number of likely N-dealkylation sites (tertiary alicyclic amines) is 1. The molecule has 2 aromatic heterocycles. The summed E-state index contributed by atoms with van der Waals surface area (Å²) in [5.74, 6) is 0.721. The number of hydrogen-bond acceptors (Lipinski definition) is 4. The molecule has 0 radical (unpaired) electrons. The number of carbonyl (C=O) groups is 1. The maximum Gasteiger partial charge on any atom is 0.253 e. The fraction of sp³-hybridized carbons (Fsp3) is 0.300. The van der Waals surface area contributed by atoms with E-state index in [1.165, 1.54) is 16.3 Å². The molecule has 2 aromatic carbocycles. The summed E-state index contributed by atoms with van der Waals surface area (Å²) in [5, 5.41) is 5.88. The van der Waals surface area contributed by atoms with E-state index in [9.17, 15) is 4.79 Å². The number of nitrogens with one attached hydrogen (secondary N) is 1. The van der Waals surface area contributed by atoms with Crippen LogP contribution in [0.25, 0.3) is 10.8 Å². The highest BCUT2D eigenvalue weighted by molar-refractivity contribution is 5.95. The third-order valence-electron chi connectivity index (χ3n) is 7.03. The van der Waals surface area contributed by atoms with Crippen molar-refractivity contribution in [1.29, 1.82) is 0 Å². The second-order valence-electron chi connectivity index (χ2n) is 9.55. The van der Waals surface area contributed by atoms with Gasteiger partial charge in [0.05, 0.1) is 12.2 Å². The van der Waals surface area contributed by atoms with Gasteiger partial charge >= 0.3 is 0 Å². The Morgan fingerprint density at radius 3 is 2.83 bits per heavy atom. The molecule has 178 valence electrons. The van der Waals surface area contributed by atoms with Crippen LogP contribution in [-0.4, -0.2) is 33.9 Å². The molecule has 4 aromatic rings. The van der Waals surface area contributed by atoms with Gasteiger partial charge in [-0.3, -0.25) is 14.8 Å². The van der Waals surface area contributed by atoms with Gasteiger partial charge in [0.1, 0.15) is 0 Å². The number of fused-ring (bicyclic) bond motifs is 1. The summed E-state index contributed by atoms with van der Waals surface area (Å²) in [6.07, 6.45) is 9.86. The van der Waals surface area contributed by atoms with Crippen molar-refractivity contribution >= 4 is 22.4 Å². The zero-order valence-electron chi connectivity index (χ0n) is 20.3. The van der Waals surface area contributed by atoms with Gasteiger partial charge in [0.15, 0.2) is 0 Å². The van der Waals surface area contributed by atoms with Crippen molar-refractivity contribution < 1.29 is 4.79 Å². The minimum absolute atomic E-state index is 0.128. The van der Waals surface area contributed by atoms with Crippen LogP contribution in [0.1, 0.15) is 46.4 Å². The third kappa shape index (κ3) is 5.68. The molecule has 5 heteroatoms. The molecule has 1 N–H and O–H groups in total. The topological polar surface area (TPSA) is 58.1 Å². The number of carbonyl (C=O) groups excluding carboxylic acids is 1. The van der Waals surface area contributed by atoms with Crippen molar-refractivity contribution in [2.75, 3.05) is 18.4 Å². The van der Waals surface area contributed by atoms with Gasteiger partial charge in [-0.05, 0) is 91.4 Å². The van der Waals surface area contributed by atoms with Gasteiger partial charge in [-0.15, -0.1) is 0 Å². The van der Waals surface area contributed by atoms with Crippen molar-refractivity contribution in [3.05, 3.63) is 102 Å². The van der Waals surface area contributed by atoms with Crippen LogP contribution >= 0.6 is 0 Å². The minimum Gasteiger partial charge on any atom is -0.379 e. The number of aryl methyl sites for hydroxylation is 1. The largest absolute Gasteiger partial charge is 0.379 e. The number of rotatable bonds is 6. The summed E-state index contributed by atoms with van der Waals surface area (Å²) < 4.78 is 0. The molecule has 1 saturated heterocycles. The molecule has 3 heterocycles. The SMILES string of the molecule is Cc1ccc(C(=O)N2CCCC(Cc3ccc4ccncc4c3)CC2)cc1NCc1ccccn1. The fourth-order valence-corrected chi connectivity index (χ4v) is 4.98. The fourth-order valence-electron chi connectivity index (χ4n) is 4.98. The highest BCUT2D eigenvalue weighted by Crippen LogP contribution is 2.26. The Kier molecular flexibility index (Phi) is 7.03. The molecule has 35 heavy (non-hydrogen) atoms. The first-order chi connectivity index (χ1) is 17.2. The molecule has 0 aliphatic carbocycles. The molecular formula is C30H32N4O. The molecule has 0 bridgehead atoms. The maximum atomic E-state index is 13.4. The van der Waals surface area contributed by atoms with E-state index in [0.29, 0.717) is 12.5 Å². The van der Waals surface area contributed by atoms with E-state index in [1.54, 1.807) is 6.20 Å². The standard InChI is InChI=1S/C30H32N4O/c1-22-7-9-26(19-29(22)33-21-28-6-2-3-13-32-28)30(35)34-15-4-5-23(12-16-34)17-24-8-10-25-11-14-31-20-27(25)18-24/h2-3,6-11,13-14,18-20,23,33H,4-5,12,15-17,21H2,1H3. The quantitative estimate of drug-likeness (QED) is 0.378. The first-order valence-electron chi connectivity index (χ1n) is 12.5. The predicted molar refractivity (Wildman–Crippen MR) is 141 cm³/mol. The number of amides is 1. The molecule has 5 nitrogen and oxygen atoms in total.